The molecule has 0 rings (SSSR count). The molecule has 0 unspecified atom stereocenters. The molecule has 0 aliphatic rings. The van der Waals surface area contributed by atoms with Crippen molar-refractivity contribution in [3.05, 3.63) is 0 Å². The molecule has 9 heavy (non-hydrogen) atoms. The second-order valence-electron chi connectivity index (χ2n) is 0.283. The summed E-state index contributed by atoms with van der Waals surface area (Å²) in [5, 5.41) is 0. The van der Waals surface area contributed by atoms with Crippen LogP contribution in [-0.2, 0) is 21.5 Å². The first-order valence-electron chi connectivity index (χ1n) is 0.651. The second-order valence-corrected chi connectivity index (χ2v) is 0.848. The van der Waals surface area contributed by atoms with Crippen LogP contribution in [0.2, 0.25) is 0 Å². The fourth-order valence-corrected chi connectivity index (χ4v) is 0. The molecule has 0 aromatic carbocycles. The monoisotopic (exact) mass is 310 g/mol. The number of rotatable bonds is 0. The first-order chi connectivity index (χ1) is 1.73. The van der Waals surface area contributed by atoms with Crippen molar-refractivity contribution < 1.29 is 31.1 Å². The Bertz CT molecular complexity index is 46.8. The van der Waals surface area contributed by atoms with Gasteiger partial charge >= 0.3 is 87.6 Å². The molecule has 0 saturated heterocycles. The van der Waals surface area contributed by atoms with E-state index >= 15 is 0 Å². The van der Waals surface area contributed by atoms with Crippen molar-refractivity contribution in [2.24, 2.45) is 0 Å². The van der Waals surface area contributed by atoms with Gasteiger partial charge in [-0.25, -0.2) is 0 Å². The minimum Gasteiger partial charge on any atom is 0.316 e. The van der Waals surface area contributed by atoms with Gasteiger partial charge in [-0.1, -0.05) is 0 Å². The minimum absolute atomic E-state index is 0. The third-order valence-corrected chi connectivity index (χ3v) is 0. The van der Waals surface area contributed by atoms with Gasteiger partial charge in [0.25, 0.3) is 0 Å². The van der Waals surface area contributed by atoms with E-state index in [0.717, 1.165) is 0 Å². The zero-order valence-corrected chi connectivity index (χ0v) is 4.26. The Balaban J connectivity index is -0.00000000450. The summed E-state index contributed by atoms with van der Waals surface area (Å²) < 4.78 is 8.74. The van der Waals surface area contributed by atoms with E-state index in [1.807, 2.05) is 0 Å². The molecule has 0 heterocycles. The Labute approximate surface area is 133 Å². The van der Waals surface area contributed by atoms with Gasteiger partial charge in [0.15, 0.2) is 17.4 Å². The van der Waals surface area contributed by atoms with E-state index in [1.54, 1.807) is 0 Å². The van der Waals surface area contributed by atoms with Crippen LogP contribution >= 0.6 is 0 Å². The van der Waals surface area contributed by atoms with Gasteiger partial charge in [-0.2, -0.15) is 0 Å². The molecule has 0 spiro atoms. The van der Waals surface area contributed by atoms with E-state index in [1.165, 1.54) is 0 Å². The summed E-state index contributed by atoms with van der Waals surface area (Å²) in [6.07, 6.45) is 0. The molecule has 0 aromatic rings. The average molecular weight is 309 g/mol. The molecule has 0 aliphatic carbocycles. The molecule has 2 N–H and O–H groups in total. The Morgan fingerprint density at radius 1 is 1.22 bits per heavy atom. The molecule has 0 bridgehead atoms. The minimum atomic E-state index is -3.13. The van der Waals surface area contributed by atoms with Gasteiger partial charge in [0.05, 0.1) is 0 Å². The van der Waals surface area contributed by atoms with E-state index in [0.29, 0.717) is 0 Å². The molecule has 0 aromatic heterocycles. The zero-order valence-electron chi connectivity index (χ0n) is 2.16. The molecular weight excluding hydrogens is 296 g/mol. The maximum atomic E-state index is 8.74. The van der Waals surface area contributed by atoms with Gasteiger partial charge in [0.1, 0.15) is 0 Å². The van der Waals surface area contributed by atoms with Crippen molar-refractivity contribution in [2.75, 3.05) is 0 Å². The van der Waals surface area contributed by atoms with Crippen LogP contribution < -0.4 is 0 Å². The quantitative estimate of drug-likeness (QED) is 0.438. The fraction of sp³-hybridized carbons (Fsp3) is 0. The van der Waals surface area contributed by atoms with Crippen LogP contribution in [0.15, 0.2) is 0 Å². The first kappa shape index (κ1) is 39.7. The van der Waals surface area contributed by atoms with Crippen LogP contribution in [0.1, 0.15) is 0 Å². The number of hydrogen-bond acceptors (Lipinski definition) is 1. The van der Waals surface area contributed by atoms with E-state index in [-0.39, 0.29) is 113 Å². The van der Waals surface area contributed by atoms with Crippen molar-refractivity contribution >= 4 is 105 Å². The van der Waals surface area contributed by atoms with Crippen LogP contribution in [0.3, 0.4) is 0 Å². The summed E-state index contributed by atoms with van der Waals surface area (Å²) in [6.45, 7) is 0. The van der Waals surface area contributed by atoms with Crippen LogP contribution in [0.5, 0.6) is 0 Å². The Morgan fingerprint density at radius 3 is 1.22 bits per heavy atom. The Morgan fingerprint density at radius 2 is 1.22 bits per heavy atom. The molecule has 9 heteroatoms. The van der Waals surface area contributed by atoms with Gasteiger partial charge in [-0.15, -0.1) is 0 Å². The van der Waals surface area contributed by atoms with Crippen molar-refractivity contribution in [3.8, 4) is 0 Å². The predicted molar refractivity (Wildman–Crippen MR) is 49.2 cm³/mol. The van der Waals surface area contributed by atoms with E-state index in [4.69, 9.17) is 14.1 Å². The van der Waals surface area contributed by atoms with Crippen molar-refractivity contribution in [2.45, 2.75) is 0 Å². The molecule has 0 saturated carbocycles. The molecule has 0 radical (unpaired) electrons. The largest absolute Gasteiger partial charge is 0.316 e. The molecule has 0 aliphatic heterocycles. The summed E-state index contributed by atoms with van der Waals surface area (Å²) in [5.41, 5.74) is 0. The molecule has 0 amide bonds. The van der Waals surface area contributed by atoms with Gasteiger partial charge < -0.3 is 9.59 Å². The SMILES string of the molecule is O=[Si](O)O.[AlH3].[CaH2].[Fe].[GeH4].[MgH2]. The van der Waals surface area contributed by atoms with Crippen LogP contribution in [0, 0.1) is 0 Å². The second kappa shape index (κ2) is 30.3. The summed E-state index contributed by atoms with van der Waals surface area (Å²) in [4.78, 5) is 14.3. The normalized spacial score (nSPS) is 2.67. The maximum absolute atomic E-state index is 8.74. The van der Waals surface area contributed by atoms with Crippen LogP contribution in [-0.4, -0.2) is 115 Å². The van der Waals surface area contributed by atoms with Gasteiger partial charge in [-0.05, 0) is 0 Å². The van der Waals surface area contributed by atoms with Crippen molar-refractivity contribution in [3.63, 3.8) is 0 Å². The standard InChI is InChI=1S/Al.Ca.Fe.GeH4.Mg.H2O3Si.7H/c;;;;;1-4(2)3;;;;;;;/h;;;1H4;;1-2H;;;;;;;. The first-order valence-corrected chi connectivity index (χ1v) is 1.95. The molecule has 0 fully saturated rings. The number of hydrogen-bond donors (Lipinski definition) is 2. The van der Waals surface area contributed by atoms with Gasteiger partial charge in [0.2, 0.25) is 0 Å². The smallest absolute Gasteiger partial charge is 0.316 e. The van der Waals surface area contributed by atoms with Crippen molar-refractivity contribution in [1.29, 1.82) is 0 Å². The molecule has 0 atom stereocenters. The van der Waals surface area contributed by atoms with Crippen molar-refractivity contribution in [1.82, 2.24) is 0 Å². The van der Waals surface area contributed by atoms with Crippen LogP contribution in [0.25, 0.3) is 0 Å². The summed E-state index contributed by atoms with van der Waals surface area (Å²) in [5.74, 6) is 0. The van der Waals surface area contributed by atoms with E-state index in [2.05, 4.69) is 0 Å². The van der Waals surface area contributed by atoms with E-state index < -0.39 is 9.17 Å². The van der Waals surface area contributed by atoms with Crippen LogP contribution in [0.4, 0.5) is 0 Å². The molecule has 3 nitrogen and oxygen atoms in total. The predicted octanol–water partition coefficient (Wildman–Crippen LogP) is -6.08. The summed E-state index contributed by atoms with van der Waals surface area (Å²) in [6, 6.07) is 0. The van der Waals surface area contributed by atoms with E-state index in [9.17, 15) is 0 Å². The maximum Gasteiger partial charge on any atom is 0.316 e. The Kier molecular flexibility index (Phi) is 134. The third-order valence-electron chi connectivity index (χ3n) is 0. The topological polar surface area (TPSA) is 57.5 Å². The average Bonchev–Trinajstić information content (AvgIpc) is 0.811. The Hall–Kier alpha value is 3.24. The summed E-state index contributed by atoms with van der Waals surface area (Å²) in [7, 11) is -3.13. The fourth-order valence-electron chi connectivity index (χ4n) is 0. The molecular formula is H13AlCaFeGeMgO3Si. The summed E-state index contributed by atoms with van der Waals surface area (Å²) >= 11 is 0. The third kappa shape index (κ3) is 91.5. The zero-order chi connectivity index (χ0) is 3.58. The van der Waals surface area contributed by atoms with Gasteiger partial charge in [-0.3, -0.25) is 4.46 Å². The van der Waals surface area contributed by atoms with Gasteiger partial charge in [0, 0.05) is 17.1 Å². The molecule has 54 valence electrons.